The standard InChI is InChI=1S/C26H55N/c1-3-5-7-9-11-13-15-17-19-21-23-25-27-26-24-22-20-18-16-14-12-10-8-6-4-2/h27H,3-26H2,1-2H3/p+1. The van der Waals surface area contributed by atoms with E-state index in [2.05, 4.69) is 19.2 Å². The monoisotopic (exact) mass is 382 g/mol. The molecule has 0 fully saturated rings. The van der Waals surface area contributed by atoms with Crippen molar-refractivity contribution >= 4 is 0 Å². The van der Waals surface area contributed by atoms with Crippen molar-refractivity contribution in [1.82, 2.24) is 0 Å². The second-order valence-corrected chi connectivity index (χ2v) is 8.94. The summed E-state index contributed by atoms with van der Waals surface area (Å²) in [6.45, 7) is 7.34. The first-order chi connectivity index (χ1) is 13.4. The van der Waals surface area contributed by atoms with Crippen molar-refractivity contribution in [3.8, 4) is 0 Å². The zero-order valence-corrected chi connectivity index (χ0v) is 19.5. The van der Waals surface area contributed by atoms with E-state index in [4.69, 9.17) is 0 Å². The third-order valence-electron chi connectivity index (χ3n) is 6.02. The van der Waals surface area contributed by atoms with Crippen molar-refractivity contribution in [3.63, 3.8) is 0 Å². The smallest absolute Gasteiger partial charge is 0.0755 e. The Morgan fingerprint density at radius 3 is 0.778 bits per heavy atom. The third kappa shape index (κ3) is 26.0. The summed E-state index contributed by atoms with van der Waals surface area (Å²) in [5.74, 6) is 0. The Labute approximate surface area is 173 Å². The van der Waals surface area contributed by atoms with Crippen LogP contribution >= 0.6 is 0 Å². The van der Waals surface area contributed by atoms with Crippen LogP contribution in [-0.4, -0.2) is 13.1 Å². The summed E-state index contributed by atoms with van der Waals surface area (Å²) < 4.78 is 0. The molecule has 0 aromatic rings. The van der Waals surface area contributed by atoms with Gasteiger partial charge >= 0.3 is 0 Å². The van der Waals surface area contributed by atoms with Crippen molar-refractivity contribution in [2.75, 3.05) is 13.1 Å². The molecule has 27 heavy (non-hydrogen) atoms. The Morgan fingerprint density at radius 2 is 0.519 bits per heavy atom. The van der Waals surface area contributed by atoms with Crippen molar-refractivity contribution in [2.24, 2.45) is 0 Å². The molecule has 1 nitrogen and oxygen atoms in total. The van der Waals surface area contributed by atoms with E-state index in [1.54, 1.807) is 0 Å². The van der Waals surface area contributed by atoms with Crippen LogP contribution in [0.4, 0.5) is 0 Å². The van der Waals surface area contributed by atoms with Gasteiger partial charge in [0.1, 0.15) is 0 Å². The van der Waals surface area contributed by atoms with Crippen LogP contribution < -0.4 is 5.32 Å². The van der Waals surface area contributed by atoms with Gasteiger partial charge in [0.05, 0.1) is 13.1 Å². The fourth-order valence-electron chi connectivity index (χ4n) is 4.05. The summed E-state index contributed by atoms with van der Waals surface area (Å²) in [7, 11) is 0. The highest BCUT2D eigenvalue weighted by Crippen LogP contribution is 2.12. The quantitative estimate of drug-likeness (QED) is 0.162. The average molecular weight is 383 g/mol. The van der Waals surface area contributed by atoms with E-state index in [0.717, 1.165) is 0 Å². The molecule has 0 bridgehead atoms. The zero-order valence-electron chi connectivity index (χ0n) is 19.5. The van der Waals surface area contributed by atoms with Crippen LogP contribution in [0.15, 0.2) is 0 Å². The van der Waals surface area contributed by atoms with E-state index in [0.29, 0.717) is 0 Å². The summed E-state index contributed by atoms with van der Waals surface area (Å²) in [6, 6.07) is 0. The van der Waals surface area contributed by atoms with Gasteiger partial charge in [0.2, 0.25) is 0 Å². The van der Waals surface area contributed by atoms with Gasteiger partial charge < -0.3 is 5.32 Å². The average Bonchev–Trinajstić information content (AvgIpc) is 2.68. The minimum absolute atomic E-state index is 1.37. The van der Waals surface area contributed by atoms with E-state index in [9.17, 15) is 0 Å². The van der Waals surface area contributed by atoms with Gasteiger partial charge in [-0.25, -0.2) is 0 Å². The molecule has 1 heteroatoms. The van der Waals surface area contributed by atoms with Crippen molar-refractivity contribution in [3.05, 3.63) is 0 Å². The second-order valence-electron chi connectivity index (χ2n) is 8.94. The highest BCUT2D eigenvalue weighted by atomic mass is 14.8. The summed E-state index contributed by atoms with van der Waals surface area (Å²) in [4.78, 5) is 0. The summed E-state index contributed by atoms with van der Waals surface area (Å²) >= 11 is 0. The Morgan fingerprint density at radius 1 is 0.296 bits per heavy atom. The molecule has 0 heterocycles. The topological polar surface area (TPSA) is 16.6 Å². The van der Waals surface area contributed by atoms with Crippen molar-refractivity contribution < 1.29 is 5.32 Å². The van der Waals surface area contributed by atoms with Gasteiger partial charge in [-0.1, -0.05) is 129 Å². The van der Waals surface area contributed by atoms with Crippen LogP contribution in [0.1, 0.15) is 155 Å². The molecule has 0 amide bonds. The molecule has 164 valence electrons. The minimum Gasteiger partial charge on any atom is -0.346 e. The minimum atomic E-state index is 1.37. The molecule has 0 saturated heterocycles. The Hall–Kier alpha value is -0.0400. The van der Waals surface area contributed by atoms with Crippen LogP contribution in [-0.2, 0) is 0 Å². The molecule has 0 spiro atoms. The predicted octanol–water partition coefficient (Wildman–Crippen LogP) is 8.17. The number of rotatable bonds is 24. The van der Waals surface area contributed by atoms with E-state index in [-0.39, 0.29) is 0 Å². The van der Waals surface area contributed by atoms with Gasteiger partial charge in [-0.15, -0.1) is 0 Å². The van der Waals surface area contributed by atoms with Gasteiger partial charge in [-0.2, -0.15) is 0 Å². The van der Waals surface area contributed by atoms with Crippen LogP contribution in [0.2, 0.25) is 0 Å². The molecular weight excluding hydrogens is 326 g/mol. The fraction of sp³-hybridized carbons (Fsp3) is 1.00. The van der Waals surface area contributed by atoms with Crippen molar-refractivity contribution in [2.45, 2.75) is 155 Å². The van der Waals surface area contributed by atoms with Crippen LogP contribution in [0, 0.1) is 0 Å². The fourth-order valence-corrected chi connectivity index (χ4v) is 4.05. The molecule has 0 rings (SSSR count). The maximum atomic E-state index is 2.57. The molecule has 0 aliphatic carbocycles. The predicted molar refractivity (Wildman–Crippen MR) is 125 cm³/mol. The van der Waals surface area contributed by atoms with Crippen LogP contribution in [0.25, 0.3) is 0 Å². The second kappa shape index (κ2) is 26.0. The van der Waals surface area contributed by atoms with E-state index in [1.165, 1.54) is 154 Å². The Kier molecular flexibility index (Phi) is 25.9. The molecule has 0 aromatic carbocycles. The van der Waals surface area contributed by atoms with Gasteiger partial charge in [-0.05, 0) is 25.7 Å². The van der Waals surface area contributed by atoms with Crippen molar-refractivity contribution in [1.29, 1.82) is 0 Å². The first-order valence-electron chi connectivity index (χ1n) is 13.2. The molecular formula is C26H56N+. The van der Waals surface area contributed by atoms with Crippen LogP contribution in [0.5, 0.6) is 0 Å². The molecule has 0 aliphatic rings. The Bertz CT molecular complexity index is 214. The molecule has 0 aliphatic heterocycles. The Balaban J connectivity index is 2.95. The molecule has 0 atom stereocenters. The number of nitrogens with two attached hydrogens (primary N) is 1. The van der Waals surface area contributed by atoms with E-state index in [1.807, 2.05) is 0 Å². The van der Waals surface area contributed by atoms with Gasteiger partial charge in [-0.3, -0.25) is 0 Å². The maximum absolute atomic E-state index is 2.57. The molecule has 0 unspecified atom stereocenters. The number of hydrogen-bond acceptors (Lipinski definition) is 0. The number of unbranched alkanes of at least 4 members (excludes halogenated alkanes) is 20. The molecule has 0 aromatic heterocycles. The largest absolute Gasteiger partial charge is 0.346 e. The summed E-state index contributed by atoms with van der Waals surface area (Å²) in [6.07, 6.45) is 32.1. The summed E-state index contributed by atoms with van der Waals surface area (Å²) in [5, 5.41) is 2.57. The lowest BCUT2D eigenvalue weighted by atomic mass is 10.1. The highest BCUT2D eigenvalue weighted by molar-refractivity contribution is 4.49. The normalized spacial score (nSPS) is 11.3. The lowest BCUT2D eigenvalue weighted by Crippen LogP contribution is -2.84. The molecule has 0 radical (unpaired) electrons. The number of quaternary nitrogens is 1. The molecule has 0 saturated carbocycles. The lowest BCUT2D eigenvalue weighted by molar-refractivity contribution is -0.655. The first-order valence-corrected chi connectivity index (χ1v) is 13.2. The van der Waals surface area contributed by atoms with Gasteiger partial charge in [0, 0.05) is 0 Å². The highest BCUT2D eigenvalue weighted by Gasteiger charge is 1.96. The maximum Gasteiger partial charge on any atom is 0.0755 e. The lowest BCUT2D eigenvalue weighted by Gasteiger charge is -2.04. The SMILES string of the molecule is CCCCCCCCCCCCC[NH2+]CCCCCCCCCCCCC. The molecule has 2 N–H and O–H groups in total. The first kappa shape index (κ1) is 27.0. The van der Waals surface area contributed by atoms with E-state index >= 15 is 0 Å². The van der Waals surface area contributed by atoms with Crippen LogP contribution in [0.3, 0.4) is 0 Å². The van der Waals surface area contributed by atoms with Gasteiger partial charge in [0.25, 0.3) is 0 Å². The van der Waals surface area contributed by atoms with E-state index < -0.39 is 0 Å². The third-order valence-corrected chi connectivity index (χ3v) is 6.02. The summed E-state index contributed by atoms with van der Waals surface area (Å²) in [5.41, 5.74) is 0. The zero-order chi connectivity index (χ0) is 19.7. The van der Waals surface area contributed by atoms with Gasteiger partial charge in [0.15, 0.2) is 0 Å². The number of hydrogen-bond donors (Lipinski definition) is 1.